The zero-order valence-corrected chi connectivity index (χ0v) is 15.9. The quantitative estimate of drug-likeness (QED) is 0.494. The topological polar surface area (TPSA) is 44.5 Å². The van der Waals surface area contributed by atoms with Gasteiger partial charge in [-0.15, -0.1) is 0 Å². The van der Waals surface area contributed by atoms with Crippen LogP contribution in [0, 0.1) is 10.5 Å². The number of rotatable bonds is 4. The minimum atomic E-state index is 0.334. The zero-order valence-electron chi connectivity index (χ0n) is 13.0. The van der Waals surface area contributed by atoms with Gasteiger partial charge in [-0.05, 0) is 65.3 Å². The van der Waals surface area contributed by atoms with Gasteiger partial charge in [0.15, 0.2) is 5.75 Å². The lowest BCUT2D eigenvalue weighted by molar-refractivity contribution is 0.405. The third kappa shape index (κ3) is 3.43. The molecule has 0 atom stereocenters. The molecule has 5 heteroatoms. The molecule has 0 amide bonds. The second-order valence-corrected chi connectivity index (χ2v) is 6.92. The van der Waals surface area contributed by atoms with Gasteiger partial charge >= 0.3 is 0 Å². The number of halogens is 2. The van der Waals surface area contributed by atoms with Crippen molar-refractivity contribution in [2.24, 2.45) is 0 Å². The summed E-state index contributed by atoms with van der Waals surface area (Å²) in [5, 5.41) is 0.548. The van der Waals surface area contributed by atoms with E-state index in [9.17, 15) is 0 Å². The molecule has 118 valence electrons. The Hall–Kier alpha value is -1.14. The zero-order chi connectivity index (χ0) is 16.4. The number of ether oxygens (including phenoxy) is 2. The van der Waals surface area contributed by atoms with Gasteiger partial charge in [0.25, 0.3) is 0 Å². The van der Waals surface area contributed by atoms with E-state index < -0.39 is 0 Å². The van der Waals surface area contributed by atoms with E-state index >= 15 is 0 Å². The van der Waals surface area contributed by atoms with Gasteiger partial charge in [-0.2, -0.15) is 0 Å². The fourth-order valence-corrected chi connectivity index (χ4v) is 3.27. The highest BCUT2D eigenvalue weighted by molar-refractivity contribution is 14.1. The van der Waals surface area contributed by atoms with Crippen molar-refractivity contribution in [3.8, 4) is 17.2 Å². The number of nitrogens with two attached hydrogens (primary N) is 1. The average Bonchev–Trinajstić information content (AvgIpc) is 2.49. The van der Waals surface area contributed by atoms with Gasteiger partial charge in [-0.25, -0.2) is 0 Å². The first-order chi connectivity index (χ1) is 10.3. The lowest BCUT2D eigenvalue weighted by Gasteiger charge is -2.16. The minimum absolute atomic E-state index is 0.334. The molecule has 2 aromatic carbocycles. The average molecular weight is 432 g/mol. The molecule has 22 heavy (non-hydrogen) atoms. The van der Waals surface area contributed by atoms with Crippen molar-refractivity contribution in [3.63, 3.8) is 0 Å². The van der Waals surface area contributed by atoms with Crippen LogP contribution in [0.5, 0.6) is 17.2 Å². The second kappa shape index (κ2) is 6.96. The molecule has 2 N–H and O–H groups in total. The van der Waals surface area contributed by atoms with E-state index in [2.05, 4.69) is 36.4 Å². The van der Waals surface area contributed by atoms with E-state index in [1.54, 1.807) is 7.11 Å². The number of methoxy groups -OCH3 is 1. The van der Waals surface area contributed by atoms with E-state index in [1.807, 2.05) is 31.2 Å². The second-order valence-electron chi connectivity index (χ2n) is 5.38. The third-order valence-corrected chi connectivity index (χ3v) is 4.76. The highest BCUT2D eigenvalue weighted by Gasteiger charge is 2.15. The summed E-state index contributed by atoms with van der Waals surface area (Å²) in [5.41, 5.74) is 8.51. The molecule has 0 saturated heterocycles. The Balaban J connectivity index is 2.44. The first-order valence-electron chi connectivity index (χ1n) is 6.95. The molecule has 0 unspecified atom stereocenters. The van der Waals surface area contributed by atoms with Crippen molar-refractivity contribution < 1.29 is 9.47 Å². The van der Waals surface area contributed by atoms with Crippen LogP contribution in [0.15, 0.2) is 24.3 Å². The predicted octanol–water partition coefficient (Wildman–Crippen LogP) is 5.76. The Morgan fingerprint density at radius 3 is 2.50 bits per heavy atom. The lowest BCUT2D eigenvalue weighted by atomic mass is 10.0. The molecule has 0 bridgehead atoms. The molecule has 0 aliphatic rings. The van der Waals surface area contributed by atoms with Crippen LogP contribution in [-0.4, -0.2) is 7.11 Å². The molecule has 3 nitrogen and oxygen atoms in total. The Morgan fingerprint density at radius 2 is 1.91 bits per heavy atom. The minimum Gasteiger partial charge on any atom is -0.496 e. The van der Waals surface area contributed by atoms with Crippen LogP contribution in [0.1, 0.15) is 30.9 Å². The van der Waals surface area contributed by atoms with Gasteiger partial charge in [0.2, 0.25) is 0 Å². The van der Waals surface area contributed by atoms with Crippen LogP contribution in [-0.2, 0) is 0 Å². The Kier molecular flexibility index (Phi) is 5.45. The standard InChI is InChI=1S/C17H19ClINO2/c1-9(2)12-7-11(5-6-15(12)21-4)22-17-13(19)8-14(20)10(3)16(17)18/h5-9H,20H2,1-4H3. The van der Waals surface area contributed by atoms with Gasteiger partial charge in [-0.1, -0.05) is 25.4 Å². The maximum Gasteiger partial charge on any atom is 0.159 e. The van der Waals surface area contributed by atoms with E-state index in [0.717, 1.165) is 26.2 Å². The molecule has 0 heterocycles. The van der Waals surface area contributed by atoms with Crippen LogP contribution < -0.4 is 15.2 Å². The van der Waals surface area contributed by atoms with Crippen LogP contribution in [0.3, 0.4) is 0 Å². The van der Waals surface area contributed by atoms with Crippen LogP contribution in [0.4, 0.5) is 5.69 Å². The monoisotopic (exact) mass is 431 g/mol. The van der Waals surface area contributed by atoms with Crippen molar-refractivity contribution in [1.82, 2.24) is 0 Å². The van der Waals surface area contributed by atoms with Crippen molar-refractivity contribution in [1.29, 1.82) is 0 Å². The maximum absolute atomic E-state index is 6.38. The molecule has 0 spiro atoms. The summed E-state index contributed by atoms with van der Waals surface area (Å²) in [5.74, 6) is 2.56. The van der Waals surface area contributed by atoms with Gasteiger partial charge in [-0.3, -0.25) is 0 Å². The smallest absolute Gasteiger partial charge is 0.159 e. The molecule has 0 aliphatic heterocycles. The number of anilines is 1. The van der Waals surface area contributed by atoms with Gasteiger partial charge in [0, 0.05) is 11.3 Å². The van der Waals surface area contributed by atoms with Crippen molar-refractivity contribution in [2.75, 3.05) is 12.8 Å². The molecular weight excluding hydrogens is 413 g/mol. The fourth-order valence-electron chi connectivity index (χ4n) is 2.15. The summed E-state index contributed by atoms with van der Waals surface area (Å²) in [6.07, 6.45) is 0. The first-order valence-corrected chi connectivity index (χ1v) is 8.40. The molecule has 2 aromatic rings. The van der Waals surface area contributed by atoms with E-state index in [-0.39, 0.29) is 0 Å². The Bertz CT molecular complexity index is 702. The molecule has 0 fully saturated rings. The Morgan fingerprint density at radius 1 is 1.23 bits per heavy atom. The Labute approximate surface area is 149 Å². The number of benzene rings is 2. The first kappa shape index (κ1) is 17.2. The largest absolute Gasteiger partial charge is 0.496 e. The molecule has 0 saturated carbocycles. The van der Waals surface area contributed by atoms with E-state index in [4.69, 9.17) is 26.8 Å². The van der Waals surface area contributed by atoms with Crippen molar-refractivity contribution >= 4 is 39.9 Å². The van der Waals surface area contributed by atoms with Gasteiger partial charge in [0.1, 0.15) is 11.5 Å². The van der Waals surface area contributed by atoms with Crippen molar-refractivity contribution in [2.45, 2.75) is 26.7 Å². The summed E-state index contributed by atoms with van der Waals surface area (Å²) < 4.78 is 12.3. The molecule has 0 aromatic heterocycles. The number of hydrogen-bond donors (Lipinski definition) is 1. The maximum atomic E-state index is 6.38. The highest BCUT2D eigenvalue weighted by atomic mass is 127. The summed E-state index contributed by atoms with van der Waals surface area (Å²) in [7, 11) is 1.67. The summed E-state index contributed by atoms with van der Waals surface area (Å²) in [4.78, 5) is 0. The lowest BCUT2D eigenvalue weighted by Crippen LogP contribution is -1.98. The fraction of sp³-hybridized carbons (Fsp3) is 0.294. The van der Waals surface area contributed by atoms with Crippen molar-refractivity contribution in [3.05, 3.63) is 44.0 Å². The highest BCUT2D eigenvalue weighted by Crippen LogP contribution is 2.40. The van der Waals surface area contributed by atoms with Gasteiger partial charge in [0.05, 0.1) is 15.7 Å². The van der Waals surface area contributed by atoms with Gasteiger partial charge < -0.3 is 15.2 Å². The molecule has 0 aliphatic carbocycles. The predicted molar refractivity (Wildman–Crippen MR) is 100 cm³/mol. The molecular formula is C17H19ClINO2. The van der Waals surface area contributed by atoms with E-state index in [1.165, 1.54) is 0 Å². The SMILES string of the molecule is COc1ccc(Oc2c(I)cc(N)c(C)c2Cl)cc1C(C)C. The molecule has 2 rings (SSSR count). The summed E-state index contributed by atoms with van der Waals surface area (Å²) in [6, 6.07) is 7.64. The molecule has 0 radical (unpaired) electrons. The van der Waals surface area contributed by atoms with E-state index in [0.29, 0.717) is 22.4 Å². The normalized spacial score (nSPS) is 10.9. The summed E-state index contributed by atoms with van der Waals surface area (Å²) in [6.45, 7) is 6.12. The third-order valence-electron chi connectivity index (χ3n) is 3.50. The summed E-state index contributed by atoms with van der Waals surface area (Å²) >= 11 is 8.56. The number of nitrogen functional groups attached to an aromatic ring is 1. The van der Waals surface area contributed by atoms with Crippen LogP contribution >= 0.6 is 34.2 Å². The number of hydrogen-bond acceptors (Lipinski definition) is 3. The van der Waals surface area contributed by atoms with Crippen LogP contribution in [0.25, 0.3) is 0 Å². The van der Waals surface area contributed by atoms with Crippen LogP contribution in [0.2, 0.25) is 5.02 Å².